The fraction of sp³-hybridized carbons (Fsp3) is 0.700. The van der Waals surface area contributed by atoms with E-state index in [1.807, 2.05) is 6.92 Å². The molecular weight excluding hydrogens is 134 g/mol. The van der Waals surface area contributed by atoms with E-state index in [0.717, 1.165) is 19.3 Å². The largest absolute Gasteiger partial charge is 0.198 e. The zero-order chi connectivity index (χ0) is 8.69. The third kappa shape index (κ3) is 7.12. The van der Waals surface area contributed by atoms with E-state index < -0.39 is 0 Å². The average molecular weight is 151 g/mol. The first-order valence-corrected chi connectivity index (χ1v) is 4.19. The molecule has 0 radical (unpaired) electrons. The summed E-state index contributed by atoms with van der Waals surface area (Å²) >= 11 is 0. The second-order valence-corrected chi connectivity index (χ2v) is 3.24. The summed E-state index contributed by atoms with van der Waals surface area (Å²) in [5, 5.41) is 8.48. The van der Waals surface area contributed by atoms with Gasteiger partial charge in [0.15, 0.2) is 0 Å². The van der Waals surface area contributed by atoms with Crippen LogP contribution in [0.4, 0.5) is 0 Å². The zero-order valence-corrected chi connectivity index (χ0v) is 7.72. The van der Waals surface area contributed by atoms with Gasteiger partial charge < -0.3 is 0 Å². The summed E-state index contributed by atoms with van der Waals surface area (Å²) in [4.78, 5) is 0. The molecule has 0 saturated heterocycles. The first kappa shape index (κ1) is 10.2. The van der Waals surface area contributed by atoms with Crippen molar-refractivity contribution in [2.24, 2.45) is 5.92 Å². The molecule has 62 valence electrons. The fourth-order valence-electron chi connectivity index (χ4n) is 0.879. The minimum atomic E-state index is 0.223. The van der Waals surface area contributed by atoms with Crippen molar-refractivity contribution < 1.29 is 0 Å². The Balaban J connectivity index is 3.30. The molecule has 0 bridgehead atoms. The van der Waals surface area contributed by atoms with Gasteiger partial charge in [-0.25, -0.2) is 0 Å². The van der Waals surface area contributed by atoms with Crippen molar-refractivity contribution in [3.05, 3.63) is 11.6 Å². The molecule has 0 aliphatic carbocycles. The lowest BCUT2D eigenvalue weighted by atomic mass is 10.1. The molecule has 0 rings (SSSR count). The van der Waals surface area contributed by atoms with Crippen LogP contribution in [-0.2, 0) is 0 Å². The van der Waals surface area contributed by atoms with Crippen molar-refractivity contribution >= 4 is 0 Å². The highest BCUT2D eigenvalue weighted by molar-refractivity contribution is 4.92. The van der Waals surface area contributed by atoms with Gasteiger partial charge in [-0.3, -0.25) is 0 Å². The predicted molar refractivity (Wildman–Crippen MR) is 48.1 cm³/mol. The molecule has 0 spiro atoms. The van der Waals surface area contributed by atoms with Crippen molar-refractivity contribution in [1.29, 1.82) is 5.26 Å². The molecule has 1 heteroatoms. The summed E-state index contributed by atoms with van der Waals surface area (Å²) in [6, 6.07) is 2.23. The number of hydrogen-bond donors (Lipinski definition) is 0. The van der Waals surface area contributed by atoms with Gasteiger partial charge in [0.1, 0.15) is 0 Å². The maximum absolute atomic E-state index is 8.48. The molecule has 1 atom stereocenters. The lowest BCUT2D eigenvalue weighted by Crippen LogP contribution is -1.88. The molecule has 0 aromatic heterocycles. The summed E-state index contributed by atoms with van der Waals surface area (Å²) in [5.74, 6) is 0.223. The normalized spacial score (nSPS) is 11.8. The van der Waals surface area contributed by atoms with Crippen LogP contribution >= 0.6 is 0 Å². The van der Waals surface area contributed by atoms with Gasteiger partial charge in [0, 0.05) is 5.92 Å². The van der Waals surface area contributed by atoms with Crippen LogP contribution in [0.2, 0.25) is 0 Å². The summed E-state index contributed by atoms with van der Waals surface area (Å²) < 4.78 is 0. The number of unbranched alkanes of at least 4 members (excludes halogenated alkanes) is 1. The predicted octanol–water partition coefficient (Wildman–Crippen LogP) is 3.28. The van der Waals surface area contributed by atoms with Gasteiger partial charge in [-0.15, -0.1) is 0 Å². The van der Waals surface area contributed by atoms with Crippen molar-refractivity contribution in [3.63, 3.8) is 0 Å². The number of nitriles is 1. The fourth-order valence-corrected chi connectivity index (χ4v) is 0.879. The Morgan fingerprint density at radius 2 is 2.18 bits per heavy atom. The van der Waals surface area contributed by atoms with Crippen LogP contribution in [0.15, 0.2) is 11.6 Å². The highest BCUT2D eigenvalue weighted by Gasteiger charge is 1.96. The third-order valence-corrected chi connectivity index (χ3v) is 1.61. The molecule has 0 aromatic rings. The lowest BCUT2D eigenvalue weighted by molar-refractivity contribution is 0.622. The van der Waals surface area contributed by atoms with E-state index in [2.05, 4.69) is 26.0 Å². The molecule has 1 unspecified atom stereocenters. The monoisotopic (exact) mass is 151 g/mol. The molecule has 0 heterocycles. The molecule has 0 saturated carbocycles. The van der Waals surface area contributed by atoms with Crippen LogP contribution in [0.1, 0.15) is 40.0 Å². The summed E-state index contributed by atoms with van der Waals surface area (Å²) in [6.45, 7) is 6.18. The Bertz CT molecular complexity index is 158. The third-order valence-electron chi connectivity index (χ3n) is 1.61. The number of rotatable bonds is 4. The van der Waals surface area contributed by atoms with E-state index in [9.17, 15) is 0 Å². The van der Waals surface area contributed by atoms with Gasteiger partial charge in [0.2, 0.25) is 0 Å². The van der Waals surface area contributed by atoms with Crippen LogP contribution in [0.3, 0.4) is 0 Å². The Labute approximate surface area is 69.7 Å². The Morgan fingerprint density at radius 3 is 2.64 bits per heavy atom. The maximum atomic E-state index is 8.48. The van der Waals surface area contributed by atoms with E-state index in [4.69, 9.17) is 5.26 Å². The van der Waals surface area contributed by atoms with Crippen LogP contribution in [-0.4, -0.2) is 0 Å². The first-order valence-electron chi connectivity index (χ1n) is 4.19. The highest BCUT2D eigenvalue weighted by atomic mass is 14.2. The number of nitrogens with zero attached hydrogens (tertiary/aromatic N) is 1. The van der Waals surface area contributed by atoms with Gasteiger partial charge in [0.05, 0.1) is 6.07 Å². The minimum Gasteiger partial charge on any atom is -0.198 e. The SMILES string of the molecule is CC(C)=CCCCC(C)C#N. The van der Waals surface area contributed by atoms with E-state index in [1.165, 1.54) is 5.57 Å². The molecule has 1 nitrogen and oxygen atoms in total. The second-order valence-electron chi connectivity index (χ2n) is 3.24. The van der Waals surface area contributed by atoms with Crippen molar-refractivity contribution in [3.8, 4) is 6.07 Å². The van der Waals surface area contributed by atoms with Crippen LogP contribution < -0.4 is 0 Å². The molecule has 0 aromatic carbocycles. The standard InChI is InChI=1S/C10H17N/c1-9(2)6-4-5-7-10(3)8-11/h6,10H,4-5,7H2,1-3H3. The smallest absolute Gasteiger partial charge is 0.0652 e. The second kappa shape index (κ2) is 5.97. The van der Waals surface area contributed by atoms with E-state index in [0.29, 0.717) is 0 Å². The van der Waals surface area contributed by atoms with E-state index in [1.54, 1.807) is 0 Å². The van der Waals surface area contributed by atoms with Crippen LogP contribution in [0, 0.1) is 17.2 Å². The quantitative estimate of drug-likeness (QED) is 0.447. The summed E-state index contributed by atoms with van der Waals surface area (Å²) in [7, 11) is 0. The van der Waals surface area contributed by atoms with Gasteiger partial charge in [-0.05, 0) is 40.0 Å². The average Bonchev–Trinajstić information content (AvgIpc) is 1.97. The van der Waals surface area contributed by atoms with Gasteiger partial charge in [-0.1, -0.05) is 11.6 Å². The lowest BCUT2D eigenvalue weighted by Gasteiger charge is -1.98. The van der Waals surface area contributed by atoms with Gasteiger partial charge >= 0.3 is 0 Å². The molecule has 11 heavy (non-hydrogen) atoms. The molecular formula is C10H17N. The summed E-state index contributed by atoms with van der Waals surface area (Å²) in [6.07, 6.45) is 5.51. The number of allylic oxidation sites excluding steroid dienone is 2. The van der Waals surface area contributed by atoms with Crippen molar-refractivity contribution in [2.45, 2.75) is 40.0 Å². The molecule has 0 aliphatic rings. The minimum absolute atomic E-state index is 0.223. The molecule has 0 amide bonds. The van der Waals surface area contributed by atoms with E-state index in [-0.39, 0.29) is 5.92 Å². The first-order chi connectivity index (χ1) is 5.16. The molecule has 0 N–H and O–H groups in total. The topological polar surface area (TPSA) is 23.8 Å². The molecule has 0 aliphatic heterocycles. The summed E-state index contributed by atoms with van der Waals surface area (Å²) in [5.41, 5.74) is 1.37. The van der Waals surface area contributed by atoms with Gasteiger partial charge in [0.25, 0.3) is 0 Å². The number of hydrogen-bond acceptors (Lipinski definition) is 1. The maximum Gasteiger partial charge on any atom is 0.0652 e. The Hall–Kier alpha value is -0.770. The van der Waals surface area contributed by atoms with E-state index >= 15 is 0 Å². The molecule has 0 fully saturated rings. The van der Waals surface area contributed by atoms with Crippen molar-refractivity contribution in [2.75, 3.05) is 0 Å². The zero-order valence-electron chi connectivity index (χ0n) is 7.72. The highest BCUT2D eigenvalue weighted by Crippen LogP contribution is 2.07. The van der Waals surface area contributed by atoms with Crippen molar-refractivity contribution in [1.82, 2.24) is 0 Å². The van der Waals surface area contributed by atoms with Crippen LogP contribution in [0.25, 0.3) is 0 Å². The van der Waals surface area contributed by atoms with Crippen LogP contribution in [0.5, 0.6) is 0 Å². The Kier molecular flexibility index (Phi) is 5.56. The van der Waals surface area contributed by atoms with Gasteiger partial charge in [-0.2, -0.15) is 5.26 Å². The Morgan fingerprint density at radius 1 is 1.55 bits per heavy atom.